The maximum atomic E-state index is 13.4. The molecule has 0 atom stereocenters. The van der Waals surface area contributed by atoms with Gasteiger partial charge in [-0.25, -0.2) is 13.2 Å². The Morgan fingerprint density at radius 2 is 1.24 bits per heavy atom. The lowest BCUT2D eigenvalue weighted by Crippen LogP contribution is -2.42. The molecule has 174 valence electrons. The minimum atomic E-state index is -0.252. The summed E-state index contributed by atoms with van der Waals surface area (Å²) in [5.41, 5.74) is 3.15. The minimum Gasteiger partial charge on any atom is -0.310 e. The molecular weight excluding hydrogens is 441 g/mol. The van der Waals surface area contributed by atoms with Crippen LogP contribution in [0.15, 0.2) is 72.8 Å². The van der Waals surface area contributed by atoms with E-state index in [0.717, 1.165) is 61.5 Å². The third kappa shape index (κ3) is 7.10. The molecule has 3 aromatic rings. The molecule has 1 aliphatic rings. The van der Waals surface area contributed by atoms with E-state index in [1.54, 1.807) is 0 Å². The van der Waals surface area contributed by atoms with E-state index in [-0.39, 0.29) is 22.7 Å². The Labute approximate surface area is 198 Å². The van der Waals surface area contributed by atoms with Gasteiger partial charge >= 0.3 is 0 Å². The van der Waals surface area contributed by atoms with Crippen molar-refractivity contribution < 1.29 is 13.2 Å². The number of rotatable bonds is 9. The Morgan fingerprint density at radius 1 is 0.758 bits per heavy atom. The van der Waals surface area contributed by atoms with Crippen LogP contribution in [0.2, 0.25) is 0 Å². The molecular formula is C27H29F3N2S. The van der Waals surface area contributed by atoms with Crippen LogP contribution >= 0.6 is 11.8 Å². The monoisotopic (exact) mass is 470 g/mol. The van der Waals surface area contributed by atoms with Gasteiger partial charge in [-0.3, -0.25) is 0 Å². The summed E-state index contributed by atoms with van der Waals surface area (Å²) in [6.45, 7) is 3.82. The largest absolute Gasteiger partial charge is 0.310 e. The molecule has 0 unspecified atom stereocenters. The Hall–Kier alpha value is -2.28. The third-order valence-corrected chi connectivity index (χ3v) is 7.43. The van der Waals surface area contributed by atoms with Crippen molar-refractivity contribution in [1.29, 1.82) is 0 Å². The average molecular weight is 471 g/mol. The summed E-state index contributed by atoms with van der Waals surface area (Å²) in [5.74, 6) is 0.230. The van der Waals surface area contributed by atoms with E-state index < -0.39 is 0 Å². The maximum Gasteiger partial charge on any atom is 0.123 e. The van der Waals surface area contributed by atoms with Crippen molar-refractivity contribution in [1.82, 2.24) is 10.2 Å². The first-order valence-electron chi connectivity index (χ1n) is 11.4. The average Bonchev–Trinajstić information content (AvgIpc) is 2.84. The molecule has 3 aromatic carbocycles. The van der Waals surface area contributed by atoms with Crippen molar-refractivity contribution in [3.05, 3.63) is 107 Å². The number of thioether (sulfide) groups is 1. The van der Waals surface area contributed by atoms with Gasteiger partial charge in [0.05, 0.1) is 5.25 Å². The summed E-state index contributed by atoms with van der Waals surface area (Å²) < 4.78 is 39.9. The smallest absolute Gasteiger partial charge is 0.123 e. The second kappa shape index (κ2) is 11.7. The lowest BCUT2D eigenvalue weighted by molar-refractivity contribution is 0.207. The van der Waals surface area contributed by atoms with Gasteiger partial charge in [0.25, 0.3) is 0 Å². The van der Waals surface area contributed by atoms with Gasteiger partial charge in [-0.2, -0.15) is 0 Å². The van der Waals surface area contributed by atoms with Crippen LogP contribution in [0.1, 0.15) is 34.8 Å². The maximum absolute atomic E-state index is 13.4. The number of hydrogen-bond donors (Lipinski definition) is 1. The molecule has 4 rings (SSSR count). The SMILES string of the molecule is Fc1ccc(CNC2CCN(CCSC(c3ccc(F)cc3)c3ccc(F)cc3)CC2)cc1. The molecule has 0 aliphatic carbocycles. The van der Waals surface area contributed by atoms with Gasteiger partial charge in [-0.1, -0.05) is 36.4 Å². The van der Waals surface area contributed by atoms with Crippen molar-refractivity contribution in [3.63, 3.8) is 0 Å². The number of benzene rings is 3. The summed E-state index contributed by atoms with van der Waals surface area (Å²) >= 11 is 1.81. The topological polar surface area (TPSA) is 15.3 Å². The molecule has 33 heavy (non-hydrogen) atoms. The molecule has 1 N–H and O–H groups in total. The number of nitrogens with one attached hydrogen (secondary N) is 1. The summed E-state index contributed by atoms with van der Waals surface area (Å²) in [4.78, 5) is 2.48. The fourth-order valence-corrected chi connectivity index (χ4v) is 5.48. The van der Waals surface area contributed by atoms with Crippen LogP contribution in [0.25, 0.3) is 0 Å². The third-order valence-electron chi connectivity index (χ3n) is 6.13. The zero-order chi connectivity index (χ0) is 23.0. The van der Waals surface area contributed by atoms with Gasteiger partial charge in [-0.05, 0) is 79.0 Å². The first kappa shape index (κ1) is 23.9. The van der Waals surface area contributed by atoms with Crippen molar-refractivity contribution in [2.24, 2.45) is 0 Å². The van der Waals surface area contributed by atoms with E-state index in [0.29, 0.717) is 6.04 Å². The van der Waals surface area contributed by atoms with E-state index in [1.165, 1.54) is 36.4 Å². The first-order chi connectivity index (χ1) is 16.1. The summed E-state index contributed by atoms with van der Waals surface area (Å²) in [7, 11) is 0. The molecule has 2 nitrogen and oxygen atoms in total. The van der Waals surface area contributed by atoms with Crippen molar-refractivity contribution in [2.45, 2.75) is 30.7 Å². The molecule has 1 heterocycles. The van der Waals surface area contributed by atoms with E-state index in [2.05, 4.69) is 10.2 Å². The quantitative estimate of drug-likeness (QED) is 0.402. The number of nitrogens with zero attached hydrogens (tertiary/aromatic N) is 1. The molecule has 1 aliphatic heterocycles. The van der Waals surface area contributed by atoms with Gasteiger partial charge in [0.15, 0.2) is 0 Å². The van der Waals surface area contributed by atoms with E-state index >= 15 is 0 Å². The second-order valence-corrected chi connectivity index (χ2v) is 9.69. The molecule has 0 amide bonds. The van der Waals surface area contributed by atoms with E-state index in [9.17, 15) is 13.2 Å². The highest BCUT2D eigenvalue weighted by molar-refractivity contribution is 7.99. The van der Waals surface area contributed by atoms with Gasteiger partial charge in [0, 0.05) is 24.9 Å². The number of piperidine rings is 1. The predicted molar refractivity (Wildman–Crippen MR) is 130 cm³/mol. The number of likely N-dealkylation sites (tertiary alicyclic amines) is 1. The highest BCUT2D eigenvalue weighted by Gasteiger charge is 2.20. The van der Waals surface area contributed by atoms with Crippen LogP contribution in [-0.4, -0.2) is 36.3 Å². The molecule has 6 heteroatoms. The Balaban J connectivity index is 1.25. The van der Waals surface area contributed by atoms with Crippen LogP contribution in [0.4, 0.5) is 13.2 Å². The van der Waals surface area contributed by atoms with Gasteiger partial charge in [0.2, 0.25) is 0 Å². The Bertz CT molecular complexity index is 940. The van der Waals surface area contributed by atoms with E-state index in [4.69, 9.17) is 0 Å². The second-order valence-electron chi connectivity index (χ2n) is 8.48. The molecule has 1 saturated heterocycles. The first-order valence-corrected chi connectivity index (χ1v) is 12.4. The highest BCUT2D eigenvalue weighted by atomic mass is 32.2. The Morgan fingerprint density at radius 3 is 1.76 bits per heavy atom. The lowest BCUT2D eigenvalue weighted by Gasteiger charge is -2.32. The van der Waals surface area contributed by atoms with Crippen molar-refractivity contribution >= 4 is 11.8 Å². The molecule has 0 spiro atoms. The minimum absolute atomic E-state index is 0.0427. The fourth-order valence-electron chi connectivity index (χ4n) is 4.18. The molecule has 1 fully saturated rings. The van der Waals surface area contributed by atoms with Crippen LogP contribution < -0.4 is 5.32 Å². The van der Waals surface area contributed by atoms with Crippen LogP contribution in [0.5, 0.6) is 0 Å². The lowest BCUT2D eigenvalue weighted by atomic mass is 10.0. The number of halogens is 3. The van der Waals surface area contributed by atoms with E-state index in [1.807, 2.05) is 48.2 Å². The fraction of sp³-hybridized carbons (Fsp3) is 0.333. The highest BCUT2D eigenvalue weighted by Crippen LogP contribution is 2.36. The molecule has 0 aromatic heterocycles. The summed E-state index contributed by atoms with van der Waals surface area (Å²) in [5, 5.41) is 3.63. The van der Waals surface area contributed by atoms with Crippen LogP contribution in [-0.2, 0) is 6.54 Å². The zero-order valence-corrected chi connectivity index (χ0v) is 19.3. The van der Waals surface area contributed by atoms with Gasteiger partial charge in [-0.15, -0.1) is 11.8 Å². The van der Waals surface area contributed by atoms with Gasteiger partial charge in [0.1, 0.15) is 17.5 Å². The zero-order valence-electron chi connectivity index (χ0n) is 18.5. The normalized spacial score (nSPS) is 15.3. The van der Waals surface area contributed by atoms with Crippen molar-refractivity contribution in [2.75, 3.05) is 25.4 Å². The molecule has 0 saturated carbocycles. The van der Waals surface area contributed by atoms with Crippen LogP contribution in [0, 0.1) is 17.5 Å². The standard InChI is InChI=1S/C27H29F3N2S/c28-23-7-1-20(2-8-23)19-31-26-13-15-32(16-14-26)17-18-33-27(21-3-9-24(29)10-4-21)22-5-11-25(30)12-6-22/h1-12,26-27,31H,13-19H2. The van der Waals surface area contributed by atoms with Gasteiger partial charge < -0.3 is 10.2 Å². The number of hydrogen-bond acceptors (Lipinski definition) is 3. The molecule has 0 radical (unpaired) electrons. The Kier molecular flexibility index (Phi) is 8.48. The summed E-state index contributed by atoms with van der Waals surface area (Å²) in [6, 6.07) is 20.3. The van der Waals surface area contributed by atoms with Crippen molar-refractivity contribution in [3.8, 4) is 0 Å². The predicted octanol–water partition coefficient (Wildman–Crippen LogP) is 6.18. The summed E-state index contributed by atoms with van der Waals surface area (Å²) in [6.07, 6.45) is 2.18. The van der Waals surface area contributed by atoms with Crippen LogP contribution in [0.3, 0.4) is 0 Å². The molecule has 0 bridgehead atoms.